The maximum atomic E-state index is 14.1. The second-order valence-corrected chi connectivity index (χ2v) is 18.3. The third-order valence-electron chi connectivity index (χ3n) is 14.8. The van der Waals surface area contributed by atoms with Crippen LogP contribution in [-0.2, 0) is 42.7 Å². The van der Waals surface area contributed by atoms with Crippen LogP contribution < -0.4 is 0 Å². The van der Waals surface area contributed by atoms with Crippen molar-refractivity contribution < 1.29 is 47.8 Å². The Morgan fingerprint density at radius 3 is 2.38 bits per heavy atom. The van der Waals surface area contributed by atoms with Gasteiger partial charge in [0.05, 0.1) is 61.0 Å². The van der Waals surface area contributed by atoms with Gasteiger partial charge in [-0.2, -0.15) is 0 Å². The van der Waals surface area contributed by atoms with Crippen LogP contribution in [0.15, 0.2) is 24.3 Å². The summed E-state index contributed by atoms with van der Waals surface area (Å²) in [6.45, 7) is 17.5. The van der Waals surface area contributed by atoms with Crippen LogP contribution >= 0.6 is 0 Å². The minimum atomic E-state index is -0.771. The number of ether oxygens (including phenoxy) is 8. The van der Waals surface area contributed by atoms with Gasteiger partial charge in [-0.15, -0.1) is 0 Å². The van der Waals surface area contributed by atoms with E-state index in [2.05, 4.69) is 33.9 Å². The smallest absolute Gasteiger partial charge is 0.169 e. The zero-order chi connectivity index (χ0) is 37.2. The molecule has 10 heteroatoms. The lowest BCUT2D eigenvalue weighted by molar-refractivity contribution is -0.318. The normalized spacial score (nSPS) is 51.1. The van der Waals surface area contributed by atoms with Crippen molar-refractivity contribution in [3.05, 3.63) is 24.3 Å². The SMILES string of the molecule is C=C1C[C@@H]2CC[C@]34CC[C@H](O3)[C@]3(C)O[C@H]5CC[C@H](CC(=O)CC6[C@H](CC7O[C@@H](CCC1O2)C[C@@H](C)C7=C)O[C@H](C[C@H](O)CC)[C@@H]6C)O[C@@H]5[C@H](O4)[C@@H]3OC. The minimum absolute atomic E-state index is 0.00280. The van der Waals surface area contributed by atoms with Gasteiger partial charge in [-0.25, -0.2) is 0 Å². The summed E-state index contributed by atoms with van der Waals surface area (Å²) in [6.07, 6.45) is 8.48. The Morgan fingerprint density at radius 1 is 0.830 bits per heavy atom. The number of fused-ring (bicyclic) bond motifs is 9. The Morgan fingerprint density at radius 2 is 1.58 bits per heavy atom. The molecule has 0 aromatic carbocycles. The molecule has 1 spiro atoms. The number of carbonyl (C=O) groups is 1. The Balaban J connectivity index is 1.07. The molecule has 10 bridgehead atoms. The molecule has 18 atom stereocenters. The van der Waals surface area contributed by atoms with Crippen molar-refractivity contribution in [1.82, 2.24) is 0 Å². The van der Waals surface area contributed by atoms with Crippen LogP contribution in [0.1, 0.15) is 124 Å². The van der Waals surface area contributed by atoms with Gasteiger partial charge in [-0.1, -0.05) is 33.9 Å². The number of carbonyl (C=O) groups excluding carboxylic acids is 1. The summed E-state index contributed by atoms with van der Waals surface area (Å²) < 4.78 is 54.4. The second kappa shape index (κ2) is 15.3. The van der Waals surface area contributed by atoms with E-state index in [4.69, 9.17) is 37.9 Å². The van der Waals surface area contributed by atoms with Gasteiger partial charge >= 0.3 is 0 Å². The Hall–Kier alpha value is -1.21. The van der Waals surface area contributed by atoms with Crippen LogP contribution in [0.25, 0.3) is 0 Å². The molecule has 0 radical (unpaired) electrons. The van der Waals surface area contributed by atoms with Crippen LogP contribution in [0, 0.1) is 17.8 Å². The summed E-state index contributed by atoms with van der Waals surface area (Å²) in [5, 5.41) is 10.6. The molecular weight excluding hydrogens is 676 g/mol. The molecule has 8 aliphatic rings. The average molecular weight is 743 g/mol. The number of methoxy groups -OCH3 is 1. The fourth-order valence-electron chi connectivity index (χ4n) is 11.5. The van der Waals surface area contributed by atoms with Crippen LogP contribution in [0.2, 0.25) is 0 Å². The van der Waals surface area contributed by atoms with Crippen molar-refractivity contribution in [2.24, 2.45) is 17.8 Å². The van der Waals surface area contributed by atoms with E-state index in [0.29, 0.717) is 44.4 Å². The highest BCUT2D eigenvalue weighted by Crippen LogP contribution is 2.53. The number of ketones is 1. The van der Waals surface area contributed by atoms with Gasteiger partial charge in [0.15, 0.2) is 5.79 Å². The standard InChI is InChI=1S/C43H66O10/c1-8-27(44)21-35-26(5)32-20-28(45)19-30-10-12-34-39(49-30)40-41(46-7)42(6,51-34)38-14-16-43(52-38,53-40)15-13-31-18-24(3)33(47-31)11-9-29-17-23(2)25(4)36(48-29)22-37(32)50-35/h23,26-27,29-41,44H,3-4,8-22H2,1-2,5-7H3/t23-,26-,27-,29+,30-,31+,32?,33?,34+,35-,36?,37+,38+,39+,40+,41+,42+,43+/m1/s1. The van der Waals surface area contributed by atoms with Crippen molar-refractivity contribution in [3.63, 3.8) is 0 Å². The van der Waals surface area contributed by atoms with Gasteiger partial charge in [0.25, 0.3) is 0 Å². The number of aliphatic hydroxyl groups is 1. The van der Waals surface area contributed by atoms with Gasteiger partial charge in [0.1, 0.15) is 29.7 Å². The molecule has 3 unspecified atom stereocenters. The molecule has 0 saturated carbocycles. The lowest BCUT2D eigenvalue weighted by Gasteiger charge is -2.54. The summed E-state index contributed by atoms with van der Waals surface area (Å²) in [6, 6.07) is 0. The van der Waals surface area contributed by atoms with Gasteiger partial charge in [-0.3, -0.25) is 4.79 Å². The number of rotatable bonds is 4. The first-order chi connectivity index (χ1) is 25.4. The van der Waals surface area contributed by atoms with E-state index < -0.39 is 17.5 Å². The summed E-state index contributed by atoms with van der Waals surface area (Å²) in [7, 11) is 1.73. The molecule has 8 fully saturated rings. The van der Waals surface area contributed by atoms with E-state index in [9.17, 15) is 9.90 Å². The van der Waals surface area contributed by atoms with Crippen LogP contribution in [0.4, 0.5) is 0 Å². The number of aliphatic hydroxyl groups excluding tert-OH is 1. The molecule has 10 nitrogen and oxygen atoms in total. The Bertz CT molecular complexity index is 1370. The lowest BCUT2D eigenvalue weighted by Crippen LogP contribution is -2.69. The first-order valence-corrected chi connectivity index (χ1v) is 21.1. The summed E-state index contributed by atoms with van der Waals surface area (Å²) in [5.41, 5.74) is 1.60. The van der Waals surface area contributed by atoms with E-state index in [1.54, 1.807) is 7.11 Å². The van der Waals surface area contributed by atoms with E-state index in [0.717, 1.165) is 68.9 Å². The Labute approximate surface area is 317 Å². The highest BCUT2D eigenvalue weighted by molar-refractivity contribution is 5.79. The zero-order valence-corrected chi connectivity index (χ0v) is 32.9. The molecule has 1 N–H and O–H groups in total. The number of hydrogen-bond acceptors (Lipinski definition) is 10. The third kappa shape index (κ3) is 7.40. The van der Waals surface area contributed by atoms with Gasteiger partial charge in [0, 0.05) is 39.2 Å². The predicted octanol–water partition coefficient (Wildman–Crippen LogP) is 6.54. The van der Waals surface area contributed by atoms with Crippen LogP contribution in [-0.4, -0.2) is 109 Å². The first kappa shape index (κ1) is 38.7. The third-order valence-corrected chi connectivity index (χ3v) is 14.8. The van der Waals surface area contributed by atoms with Crippen molar-refractivity contribution >= 4 is 5.78 Å². The molecule has 0 aromatic rings. The number of hydrogen-bond donors (Lipinski definition) is 1. The molecular formula is C43H66O10. The van der Waals surface area contributed by atoms with E-state index >= 15 is 0 Å². The molecule has 8 saturated heterocycles. The van der Waals surface area contributed by atoms with Gasteiger partial charge in [-0.05, 0) is 100 Å². The first-order valence-electron chi connectivity index (χ1n) is 21.1. The second-order valence-electron chi connectivity index (χ2n) is 18.3. The molecule has 298 valence electrons. The fourth-order valence-corrected chi connectivity index (χ4v) is 11.5. The molecule has 53 heavy (non-hydrogen) atoms. The van der Waals surface area contributed by atoms with E-state index in [1.807, 2.05) is 6.92 Å². The molecule has 8 rings (SSSR count). The maximum Gasteiger partial charge on any atom is 0.169 e. The van der Waals surface area contributed by atoms with E-state index in [1.165, 1.54) is 0 Å². The molecule has 0 aliphatic carbocycles. The highest BCUT2D eigenvalue weighted by Gasteiger charge is 2.66. The topological polar surface area (TPSA) is 111 Å². The van der Waals surface area contributed by atoms with Crippen molar-refractivity contribution in [1.29, 1.82) is 0 Å². The monoisotopic (exact) mass is 742 g/mol. The quantitative estimate of drug-likeness (QED) is 0.319. The molecule has 0 amide bonds. The summed E-state index contributed by atoms with van der Waals surface area (Å²) in [5.74, 6) is -0.125. The molecule has 0 aromatic heterocycles. The molecule has 8 aliphatic heterocycles. The van der Waals surface area contributed by atoms with Gasteiger partial charge in [0.2, 0.25) is 0 Å². The van der Waals surface area contributed by atoms with Crippen LogP contribution in [0.3, 0.4) is 0 Å². The number of Topliss-reactive ketones (excluding diaryl/α,β-unsaturated/α-hetero) is 1. The van der Waals surface area contributed by atoms with Crippen molar-refractivity contribution in [3.8, 4) is 0 Å². The minimum Gasteiger partial charge on any atom is -0.393 e. The predicted molar refractivity (Wildman–Crippen MR) is 197 cm³/mol. The highest BCUT2D eigenvalue weighted by atomic mass is 16.7. The van der Waals surface area contributed by atoms with Gasteiger partial charge < -0.3 is 43.0 Å². The van der Waals surface area contributed by atoms with Crippen molar-refractivity contribution in [2.45, 2.75) is 215 Å². The van der Waals surface area contributed by atoms with E-state index in [-0.39, 0.29) is 90.9 Å². The Kier molecular flexibility index (Phi) is 11.1. The summed E-state index contributed by atoms with van der Waals surface area (Å²) in [4.78, 5) is 14.1. The van der Waals surface area contributed by atoms with Crippen molar-refractivity contribution in [2.75, 3.05) is 7.11 Å². The fraction of sp³-hybridized carbons (Fsp3) is 0.884. The van der Waals surface area contributed by atoms with Crippen LogP contribution in [0.5, 0.6) is 0 Å². The average Bonchev–Trinajstić information content (AvgIpc) is 3.79. The largest absolute Gasteiger partial charge is 0.393 e. The lowest BCUT2D eigenvalue weighted by atomic mass is 9.77. The maximum absolute atomic E-state index is 14.1. The zero-order valence-electron chi connectivity index (χ0n) is 32.9. The summed E-state index contributed by atoms with van der Waals surface area (Å²) >= 11 is 0. The molecule has 8 heterocycles.